The fourth-order valence-electron chi connectivity index (χ4n) is 2.53. The Balaban J connectivity index is 1.93. The Hall–Kier alpha value is -2.86. The largest absolute Gasteiger partial charge is 0.0622 e. The van der Waals surface area contributed by atoms with Gasteiger partial charge in [0.1, 0.15) is 0 Å². The van der Waals surface area contributed by atoms with Gasteiger partial charge in [0.05, 0.1) is 0 Å². The fraction of sp³-hybridized carbons (Fsp3) is 0.0435. The molecule has 0 nitrogen and oxygen atoms in total. The van der Waals surface area contributed by atoms with Crippen LogP contribution in [0.4, 0.5) is 0 Å². The van der Waals surface area contributed by atoms with Crippen molar-refractivity contribution in [3.8, 4) is 0 Å². The molecule has 0 aromatic heterocycles. The van der Waals surface area contributed by atoms with Crippen LogP contribution in [0.3, 0.4) is 0 Å². The highest BCUT2D eigenvalue weighted by Gasteiger charge is 2.02. The minimum absolute atomic E-state index is 1.22. The Bertz CT molecular complexity index is 750. The standard InChI is InChI=1S/C23H20/c1-19-15-17-20(18-16-19)9-8-14-23(21-10-4-2-5-11-21)22-12-6-3-7-13-22/h2-18H,1H3. The number of rotatable bonds is 4. The first-order valence-electron chi connectivity index (χ1n) is 7.89. The van der Waals surface area contributed by atoms with Crippen LogP contribution in [0.15, 0.2) is 97.1 Å². The van der Waals surface area contributed by atoms with E-state index in [0.29, 0.717) is 0 Å². The smallest absolute Gasteiger partial charge is 0.0111 e. The Kier molecular flexibility index (Phi) is 4.85. The maximum Gasteiger partial charge on any atom is -0.0111 e. The van der Waals surface area contributed by atoms with E-state index in [9.17, 15) is 0 Å². The molecule has 0 saturated carbocycles. The van der Waals surface area contributed by atoms with Crippen molar-refractivity contribution < 1.29 is 0 Å². The van der Waals surface area contributed by atoms with Crippen molar-refractivity contribution in [1.29, 1.82) is 0 Å². The molecule has 3 aromatic carbocycles. The van der Waals surface area contributed by atoms with Crippen molar-refractivity contribution in [2.45, 2.75) is 6.92 Å². The van der Waals surface area contributed by atoms with E-state index in [2.05, 4.69) is 97.9 Å². The molecule has 0 heteroatoms. The number of benzene rings is 3. The van der Waals surface area contributed by atoms with Gasteiger partial charge in [0.25, 0.3) is 0 Å². The molecule has 0 amide bonds. The first-order chi connectivity index (χ1) is 11.3. The number of allylic oxidation sites excluding steroid dienone is 2. The van der Waals surface area contributed by atoms with Crippen molar-refractivity contribution in [3.05, 3.63) is 119 Å². The summed E-state index contributed by atoms with van der Waals surface area (Å²) in [5, 5.41) is 0. The van der Waals surface area contributed by atoms with Gasteiger partial charge in [0, 0.05) is 0 Å². The van der Waals surface area contributed by atoms with Gasteiger partial charge in [0.2, 0.25) is 0 Å². The van der Waals surface area contributed by atoms with E-state index in [0.717, 1.165) is 0 Å². The summed E-state index contributed by atoms with van der Waals surface area (Å²) in [6.07, 6.45) is 6.45. The van der Waals surface area contributed by atoms with Gasteiger partial charge >= 0.3 is 0 Å². The Morgan fingerprint density at radius 1 is 0.652 bits per heavy atom. The molecule has 0 heterocycles. The number of hydrogen-bond acceptors (Lipinski definition) is 0. The number of hydrogen-bond donors (Lipinski definition) is 0. The topological polar surface area (TPSA) is 0 Å². The summed E-state index contributed by atoms with van der Waals surface area (Å²) >= 11 is 0. The van der Waals surface area contributed by atoms with Crippen LogP contribution in [0.2, 0.25) is 0 Å². The zero-order chi connectivity index (χ0) is 15.9. The van der Waals surface area contributed by atoms with E-state index in [1.807, 2.05) is 12.1 Å². The van der Waals surface area contributed by atoms with Gasteiger partial charge in [-0.3, -0.25) is 0 Å². The summed E-state index contributed by atoms with van der Waals surface area (Å²) < 4.78 is 0. The van der Waals surface area contributed by atoms with E-state index in [4.69, 9.17) is 0 Å². The van der Waals surface area contributed by atoms with Crippen molar-refractivity contribution in [2.24, 2.45) is 0 Å². The van der Waals surface area contributed by atoms with Crippen LogP contribution >= 0.6 is 0 Å². The van der Waals surface area contributed by atoms with Gasteiger partial charge in [-0.2, -0.15) is 0 Å². The van der Waals surface area contributed by atoms with Crippen molar-refractivity contribution in [2.75, 3.05) is 0 Å². The predicted molar refractivity (Wildman–Crippen MR) is 100 cm³/mol. The van der Waals surface area contributed by atoms with Crippen LogP contribution in [0.5, 0.6) is 0 Å². The van der Waals surface area contributed by atoms with E-state index in [-0.39, 0.29) is 0 Å². The van der Waals surface area contributed by atoms with Gasteiger partial charge in [-0.1, -0.05) is 109 Å². The van der Waals surface area contributed by atoms with Gasteiger partial charge in [-0.05, 0) is 29.2 Å². The summed E-state index contributed by atoms with van der Waals surface area (Å²) in [5.41, 5.74) is 6.19. The lowest BCUT2D eigenvalue weighted by Gasteiger charge is -2.07. The van der Waals surface area contributed by atoms with Crippen LogP contribution in [0.25, 0.3) is 11.6 Å². The molecule has 0 fully saturated rings. The summed E-state index contributed by atoms with van der Waals surface area (Å²) in [5.74, 6) is 0. The lowest BCUT2D eigenvalue weighted by atomic mass is 9.97. The molecule has 3 rings (SSSR count). The molecule has 0 radical (unpaired) electrons. The molecule has 112 valence electrons. The van der Waals surface area contributed by atoms with E-state index in [1.54, 1.807) is 0 Å². The lowest BCUT2D eigenvalue weighted by Crippen LogP contribution is -1.86. The van der Waals surface area contributed by atoms with Crippen LogP contribution in [0.1, 0.15) is 22.3 Å². The Morgan fingerprint density at radius 2 is 1.17 bits per heavy atom. The lowest BCUT2D eigenvalue weighted by molar-refractivity contribution is 1.46. The minimum Gasteiger partial charge on any atom is -0.0622 e. The summed E-state index contributed by atoms with van der Waals surface area (Å²) in [6.45, 7) is 2.11. The van der Waals surface area contributed by atoms with Crippen LogP contribution in [0, 0.1) is 6.92 Å². The molecule has 3 aromatic rings. The first kappa shape index (κ1) is 15.1. The Morgan fingerprint density at radius 3 is 1.70 bits per heavy atom. The predicted octanol–water partition coefficient (Wildman–Crippen LogP) is 6.14. The zero-order valence-electron chi connectivity index (χ0n) is 13.3. The van der Waals surface area contributed by atoms with E-state index in [1.165, 1.54) is 27.8 Å². The summed E-state index contributed by atoms with van der Waals surface area (Å²) in [7, 11) is 0. The van der Waals surface area contributed by atoms with Gasteiger partial charge in [-0.15, -0.1) is 0 Å². The third kappa shape index (κ3) is 4.08. The van der Waals surface area contributed by atoms with Crippen LogP contribution in [-0.4, -0.2) is 0 Å². The fourth-order valence-corrected chi connectivity index (χ4v) is 2.53. The second-order valence-electron chi connectivity index (χ2n) is 5.58. The average Bonchev–Trinajstić information content (AvgIpc) is 2.62. The molecule has 0 atom stereocenters. The quantitative estimate of drug-likeness (QED) is 0.507. The minimum atomic E-state index is 1.22. The highest BCUT2D eigenvalue weighted by molar-refractivity contribution is 5.81. The highest BCUT2D eigenvalue weighted by Crippen LogP contribution is 2.23. The molecule has 0 N–H and O–H groups in total. The van der Waals surface area contributed by atoms with Crippen molar-refractivity contribution in [1.82, 2.24) is 0 Å². The van der Waals surface area contributed by atoms with Crippen LogP contribution in [-0.2, 0) is 0 Å². The second-order valence-corrected chi connectivity index (χ2v) is 5.58. The van der Waals surface area contributed by atoms with Gasteiger partial charge < -0.3 is 0 Å². The molecule has 0 saturated heterocycles. The summed E-state index contributed by atoms with van der Waals surface area (Å²) in [6, 6.07) is 29.6. The van der Waals surface area contributed by atoms with E-state index >= 15 is 0 Å². The molecule has 0 unspecified atom stereocenters. The maximum absolute atomic E-state index is 2.19. The molecule has 0 aliphatic carbocycles. The first-order valence-corrected chi connectivity index (χ1v) is 7.89. The molecule has 0 aliphatic heterocycles. The normalized spacial score (nSPS) is 10.7. The van der Waals surface area contributed by atoms with Crippen LogP contribution < -0.4 is 0 Å². The van der Waals surface area contributed by atoms with Crippen molar-refractivity contribution in [3.63, 3.8) is 0 Å². The monoisotopic (exact) mass is 296 g/mol. The maximum atomic E-state index is 2.19. The van der Waals surface area contributed by atoms with Gasteiger partial charge in [-0.25, -0.2) is 0 Å². The summed E-state index contributed by atoms with van der Waals surface area (Å²) in [4.78, 5) is 0. The SMILES string of the molecule is Cc1ccc(C=CC=C(c2ccccc2)c2ccccc2)cc1. The van der Waals surface area contributed by atoms with Crippen molar-refractivity contribution >= 4 is 11.6 Å². The highest BCUT2D eigenvalue weighted by atomic mass is 14.1. The third-order valence-electron chi connectivity index (χ3n) is 3.80. The van der Waals surface area contributed by atoms with E-state index < -0.39 is 0 Å². The third-order valence-corrected chi connectivity index (χ3v) is 3.80. The molecular weight excluding hydrogens is 276 g/mol. The molecular formula is C23H20. The second kappa shape index (κ2) is 7.42. The average molecular weight is 296 g/mol. The number of aryl methyl sites for hydroxylation is 1. The Labute approximate surface area is 138 Å². The molecule has 23 heavy (non-hydrogen) atoms. The molecule has 0 spiro atoms. The molecule has 0 aliphatic rings. The molecule has 0 bridgehead atoms. The van der Waals surface area contributed by atoms with Gasteiger partial charge in [0.15, 0.2) is 0 Å². The zero-order valence-corrected chi connectivity index (χ0v) is 13.3.